The van der Waals surface area contributed by atoms with Crippen molar-refractivity contribution in [2.24, 2.45) is 5.92 Å². The van der Waals surface area contributed by atoms with E-state index in [0.717, 1.165) is 6.42 Å². The van der Waals surface area contributed by atoms with Gasteiger partial charge in [0.1, 0.15) is 11.5 Å². The van der Waals surface area contributed by atoms with Gasteiger partial charge in [-0.15, -0.1) is 0 Å². The molecular formula is C10H18O3. The minimum Gasteiger partial charge on any atom is -0.396 e. The zero-order valence-electron chi connectivity index (χ0n) is 9.01. The smallest absolute Gasteiger partial charge is 0.396 e. The van der Waals surface area contributed by atoms with E-state index in [1.807, 2.05) is 13.8 Å². The summed E-state index contributed by atoms with van der Waals surface area (Å²) in [7, 11) is 0. The zero-order valence-corrected chi connectivity index (χ0v) is 9.01. The van der Waals surface area contributed by atoms with Gasteiger partial charge in [0.05, 0.1) is 0 Å². The van der Waals surface area contributed by atoms with Crippen LogP contribution in [0.3, 0.4) is 0 Å². The van der Waals surface area contributed by atoms with Gasteiger partial charge in [-0.25, -0.2) is 4.79 Å². The Kier molecular flexibility index (Phi) is 5.19. The summed E-state index contributed by atoms with van der Waals surface area (Å²) in [5, 5.41) is 0. The summed E-state index contributed by atoms with van der Waals surface area (Å²) in [5.74, 6) is 1.15. The molecule has 0 aliphatic heterocycles. The van der Waals surface area contributed by atoms with Crippen LogP contribution >= 0.6 is 0 Å². The number of hydrogen-bond donors (Lipinski definition) is 0. The lowest BCUT2D eigenvalue weighted by molar-refractivity contribution is 0.364. The zero-order chi connectivity index (χ0) is 10.4. The highest BCUT2D eigenvalue weighted by atomic mass is 16.6. The summed E-state index contributed by atoms with van der Waals surface area (Å²) in [6.45, 7) is 9.86. The third-order valence-corrected chi connectivity index (χ3v) is 1.43. The van der Waals surface area contributed by atoms with Crippen LogP contribution in [0.4, 0.5) is 0 Å². The first-order valence-corrected chi connectivity index (χ1v) is 4.69. The van der Waals surface area contributed by atoms with Crippen molar-refractivity contribution in [1.82, 2.24) is 0 Å². The van der Waals surface area contributed by atoms with Crippen molar-refractivity contribution in [1.29, 1.82) is 0 Å². The molecule has 0 unspecified atom stereocenters. The molecular weight excluding hydrogens is 168 g/mol. The average molecular weight is 186 g/mol. The molecule has 0 fully saturated rings. The normalized spacial score (nSPS) is 9.69. The van der Waals surface area contributed by atoms with Crippen LogP contribution in [0.25, 0.3) is 0 Å². The number of rotatable bonds is 2. The fraction of sp³-hybridized carbons (Fsp3) is 0.700. The molecule has 0 atom stereocenters. The summed E-state index contributed by atoms with van der Waals surface area (Å²) in [4.78, 5) is 10.6. The Labute approximate surface area is 78.8 Å². The molecule has 0 bridgehead atoms. The number of hydrogen-bond acceptors (Lipinski definition) is 3. The van der Waals surface area contributed by atoms with Gasteiger partial charge in [-0.05, 0) is 12.8 Å². The summed E-state index contributed by atoms with van der Waals surface area (Å²) < 4.78 is 9.50. The fourth-order valence-electron chi connectivity index (χ4n) is 0.931. The highest BCUT2D eigenvalue weighted by molar-refractivity contribution is 5.00. The van der Waals surface area contributed by atoms with Gasteiger partial charge in [-0.1, -0.05) is 27.7 Å². The van der Waals surface area contributed by atoms with Crippen LogP contribution in [-0.4, -0.2) is 0 Å². The lowest BCUT2D eigenvalue weighted by atomic mass is 10.1. The maximum Gasteiger partial charge on any atom is 0.519 e. The first-order chi connectivity index (χ1) is 6.09. The van der Waals surface area contributed by atoms with Crippen molar-refractivity contribution < 1.29 is 8.83 Å². The molecule has 0 spiro atoms. The van der Waals surface area contributed by atoms with Gasteiger partial charge >= 0.3 is 5.82 Å². The van der Waals surface area contributed by atoms with E-state index in [1.54, 1.807) is 6.92 Å². The topological polar surface area (TPSA) is 43.4 Å². The largest absolute Gasteiger partial charge is 0.519 e. The van der Waals surface area contributed by atoms with Crippen molar-refractivity contribution in [3.05, 3.63) is 22.1 Å². The molecule has 0 amide bonds. The van der Waals surface area contributed by atoms with Gasteiger partial charge in [-0.3, -0.25) is 0 Å². The second-order valence-electron chi connectivity index (χ2n) is 3.03. The van der Waals surface area contributed by atoms with E-state index in [9.17, 15) is 4.79 Å². The van der Waals surface area contributed by atoms with E-state index < -0.39 is 5.82 Å². The lowest BCUT2D eigenvalue weighted by Gasteiger charge is -1.98. The summed E-state index contributed by atoms with van der Waals surface area (Å²) in [6, 6.07) is 0. The van der Waals surface area contributed by atoms with Gasteiger partial charge in [-0.2, -0.15) is 0 Å². The highest BCUT2D eigenvalue weighted by Crippen LogP contribution is 2.10. The van der Waals surface area contributed by atoms with Crippen LogP contribution in [0.15, 0.2) is 13.6 Å². The average Bonchev–Trinajstić information content (AvgIpc) is 2.33. The van der Waals surface area contributed by atoms with E-state index in [-0.39, 0.29) is 0 Å². The van der Waals surface area contributed by atoms with Crippen LogP contribution < -0.4 is 5.82 Å². The Bertz CT molecular complexity index is 281. The second kappa shape index (κ2) is 5.62. The Morgan fingerprint density at radius 1 is 1.23 bits per heavy atom. The minimum atomic E-state index is -0.599. The molecule has 76 valence electrons. The van der Waals surface area contributed by atoms with E-state index in [4.69, 9.17) is 8.83 Å². The first kappa shape index (κ1) is 12.0. The SMILES string of the molecule is CC.Cc1oc(=O)oc1CC(C)C. The molecule has 0 aliphatic rings. The predicted octanol–water partition coefficient (Wildman–Crippen LogP) is 2.77. The molecule has 0 aliphatic carbocycles. The Morgan fingerprint density at radius 2 is 1.77 bits per heavy atom. The molecule has 3 heteroatoms. The number of aryl methyl sites for hydroxylation is 1. The quantitative estimate of drug-likeness (QED) is 0.713. The van der Waals surface area contributed by atoms with E-state index in [1.165, 1.54) is 0 Å². The second-order valence-corrected chi connectivity index (χ2v) is 3.03. The molecule has 3 nitrogen and oxygen atoms in total. The molecule has 0 N–H and O–H groups in total. The van der Waals surface area contributed by atoms with Crippen LogP contribution in [0, 0.1) is 12.8 Å². The molecule has 0 radical (unpaired) electrons. The predicted molar refractivity (Wildman–Crippen MR) is 51.9 cm³/mol. The first-order valence-electron chi connectivity index (χ1n) is 4.69. The van der Waals surface area contributed by atoms with Crippen molar-refractivity contribution in [3.63, 3.8) is 0 Å². The third-order valence-electron chi connectivity index (χ3n) is 1.43. The van der Waals surface area contributed by atoms with Gasteiger partial charge in [0.25, 0.3) is 0 Å². The van der Waals surface area contributed by atoms with Gasteiger partial charge in [0, 0.05) is 6.42 Å². The molecule has 1 heterocycles. The molecule has 1 aromatic rings. The van der Waals surface area contributed by atoms with Crippen LogP contribution in [0.1, 0.15) is 39.2 Å². The van der Waals surface area contributed by atoms with Gasteiger partial charge < -0.3 is 8.83 Å². The van der Waals surface area contributed by atoms with Crippen molar-refractivity contribution in [3.8, 4) is 0 Å². The van der Waals surface area contributed by atoms with Crippen molar-refractivity contribution in [2.45, 2.75) is 41.0 Å². The Morgan fingerprint density at radius 3 is 2.08 bits per heavy atom. The van der Waals surface area contributed by atoms with Gasteiger partial charge in [0.2, 0.25) is 0 Å². The standard InChI is InChI=1S/C8H12O3.C2H6/c1-5(2)4-7-6(3)10-8(9)11-7;1-2/h5H,4H2,1-3H3;1-2H3. The molecule has 0 saturated heterocycles. The van der Waals surface area contributed by atoms with Crippen LogP contribution in [0.2, 0.25) is 0 Å². The van der Waals surface area contributed by atoms with Crippen molar-refractivity contribution >= 4 is 0 Å². The summed E-state index contributed by atoms with van der Waals surface area (Å²) >= 11 is 0. The van der Waals surface area contributed by atoms with Crippen molar-refractivity contribution in [2.75, 3.05) is 0 Å². The van der Waals surface area contributed by atoms with Crippen LogP contribution in [0.5, 0.6) is 0 Å². The Balaban J connectivity index is 0.000000671. The highest BCUT2D eigenvalue weighted by Gasteiger charge is 2.09. The summed E-state index contributed by atoms with van der Waals surface area (Å²) in [5.41, 5.74) is 0. The fourth-order valence-corrected chi connectivity index (χ4v) is 0.931. The molecule has 13 heavy (non-hydrogen) atoms. The van der Waals surface area contributed by atoms with Gasteiger partial charge in [0.15, 0.2) is 0 Å². The molecule has 1 aromatic heterocycles. The molecule has 1 rings (SSSR count). The lowest BCUT2D eigenvalue weighted by Crippen LogP contribution is -1.94. The third kappa shape index (κ3) is 3.97. The van der Waals surface area contributed by atoms with E-state index >= 15 is 0 Å². The maximum absolute atomic E-state index is 10.6. The minimum absolute atomic E-state index is 0.481. The van der Waals surface area contributed by atoms with Crippen LogP contribution in [-0.2, 0) is 6.42 Å². The Hall–Kier alpha value is -0.990. The van der Waals surface area contributed by atoms with E-state index in [2.05, 4.69) is 13.8 Å². The van der Waals surface area contributed by atoms with E-state index in [0.29, 0.717) is 17.4 Å². The molecule has 0 aromatic carbocycles. The molecule has 0 saturated carbocycles. The summed E-state index contributed by atoms with van der Waals surface area (Å²) in [6.07, 6.45) is 0.761. The maximum atomic E-state index is 10.6. The monoisotopic (exact) mass is 186 g/mol.